The van der Waals surface area contributed by atoms with E-state index in [0.717, 1.165) is 23.7 Å². The van der Waals surface area contributed by atoms with Crippen molar-refractivity contribution in [3.8, 4) is 5.75 Å². The molecule has 0 heterocycles. The van der Waals surface area contributed by atoms with E-state index < -0.39 is 0 Å². The molecule has 0 saturated heterocycles. The first kappa shape index (κ1) is 9.03. The molecule has 0 radical (unpaired) electrons. The molecule has 1 aliphatic rings. The van der Waals surface area contributed by atoms with Crippen LogP contribution in [0.1, 0.15) is 18.4 Å². The molecular weight excluding hydrogens is 230 g/mol. The van der Waals surface area contributed by atoms with Crippen LogP contribution in [0.3, 0.4) is 0 Å². The lowest BCUT2D eigenvalue weighted by Gasteiger charge is -2.10. The zero-order valence-corrected chi connectivity index (χ0v) is 8.84. The van der Waals surface area contributed by atoms with Crippen molar-refractivity contribution in [3.05, 3.63) is 28.2 Å². The lowest BCUT2D eigenvalue weighted by molar-refractivity contribution is 0.474. The SMILES string of the molecule is NC1(Cc2ccc(O)cc2Br)CC1. The van der Waals surface area contributed by atoms with E-state index in [0.29, 0.717) is 0 Å². The summed E-state index contributed by atoms with van der Waals surface area (Å²) in [6.45, 7) is 0. The molecule has 1 aromatic rings. The maximum absolute atomic E-state index is 9.19. The summed E-state index contributed by atoms with van der Waals surface area (Å²) in [6, 6.07) is 5.33. The fraction of sp³-hybridized carbons (Fsp3) is 0.400. The molecule has 0 unspecified atom stereocenters. The Bertz CT molecular complexity index is 334. The first-order chi connectivity index (χ1) is 6.09. The third kappa shape index (κ3) is 2.03. The van der Waals surface area contributed by atoms with Crippen molar-refractivity contribution in [2.75, 3.05) is 0 Å². The normalized spacial score (nSPS) is 18.6. The van der Waals surface area contributed by atoms with E-state index in [9.17, 15) is 5.11 Å². The van der Waals surface area contributed by atoms with Gasteiger partial charge in [0.05, 0.1) is 0 Å². The lowest BCUT2D eigenvalue weighted by Crippen LogP contribution is -2.24. The predicted octanol–water partition coefficient (Wildman–Crippen LogP) is 2.19. The molecule has 0 spiro atoms. The summed E-state index contributed by atoms with van der Waals surface area (Å²) in [5, 5.41) is 9.19. The van der Waals surface area contributed by atoms with Gasteiger partial charge in [-0.2, -0.15) is 0 Å². The second-order valence-electron chi connectivity index (χ2n) is 3.81. The maximum atomic E-state index is 9.19. The number of hydrogen-bond donors (Lipinski definition) is 2. The summed E-state index contributed by atoms with van der Waals surface area (Å²) < 4.78 is 0.948. The molecule has 70 valence electrons. The Labute approximate surface area is 85.9 Å². The zero-order valence-electron chi connectivity index (χ0n) is 7.26. The highest BCUT2D eigenvalue weighted by molar-refractivity contribution is 9.10. The van der Waals surface area contributed by atoms with E-state index in [4.69, 9.17) is 5.73 Å². The lowest BCUT2D eigenvalue weighted by atomic mass is 10.1. The molecule has 2 nitrogen and oxygen atoms in total. The van der Waals surface area contributed by atoms with Crippen molar-refractivity contribution in [1.29, 1.82) is 0 Å². The third-order valence-electron chi connectivity index (χ3n) is 2.47. The van der Waals surface area contributed by atoms with Crippen LogP contribution in [0.2, 0.25) is 0 Å². The number of benzene rings is 1. The highest BCUT2D eigenvalue weighted by Gasteiger charge is 2.38. The minimum absolute atomic E-state index is 0.0273. The van der Waals surface area contributed by atoms with Gasteiger partial charge in [0.15, 0.2) is 0 Å². The second-order valence-corrected chi connectivity index (χ2v) is 4.67. The van der Waals surface area contributed by atoms with Crippen LogP contribution in [-0.4, -0.2) is 10.6 Å². The molecule has 1 aromatic carbocycles. The summed E-state index contributed by atoms with van der Waals surface area (Å²) in [5.74, 6) is 0.289. The van der Waals surface area contributed by atoms with Gasteiger partial charge in [0.1, 0.15) is 5.75 Å². The van der Waals surface area contributed by atoms with Crippen LogP contribution in [0.4, 0.5) is 0 Å². The molecule has 0 amide bonds. The number of aromatic hydroxyl groups is 1. The first-order valence-corrected chi connectivity index (χ1v) is 5.15. The van der Waals surface area contributed by atoms with Crippen LogP contribution in [0.5, 0.6) is 5.75 Å². The van der Waals surface area contributed by atoms with Crippen molar-refractivity contribution >= 4 is 15.9 Å². The summed E-state index contributed by atoms with van der Waals surface area (Å²) >= 11 is 3.41. The van der Waals surface area contributed by atoms with Gasteiger partial charge >= 0.3 is 0 Å². The van der Waals surface area contributed by atoms with Gasteiger partial charge in [-0.25, -0.2) is 0 Å². The van der Waals surface area contributed by atoms with Crippen LogP contribution < -0.4 is 5.73 Å². The van der Waals surface area contributed by atoms with Crippen molar-refractivity contribution in [1.82, 2.24) is 0 Å². The van der Waals surface area contributed by atoms with Gasteiger partial charge < -0.3 is 10.8 Å². The average Bonchev–Trinajstić information content (AvgIpc) is 2.75. The standard InChI is InChI=1S/C10H12BrNO/c11-9-5-8(13)2-1-7(9)6-10(12)3-4-10/h1-2,5,13H,3-4,6,12H2. The number of rotatable bonds is 2. The van der Waals surface area contributed by atoms with Crippen molar-refractivity contribution in [2.45, 2.75) is 24.8 Å². The molecule has 2 rings (SSSR count). The van der Waals surface area contributed by atoms with Crippen LogP contribution >= 0.6 is 15.9 Å². The number of halogens is 1. The molecule has 13 heavy (non-hydrogen) atoms. The molecule has 1 aliphatic carbocycles. The fourth-order valence-electron chi connectivity index (χ4n) is 1.40. The number of hydrogen-bond acceptors (Lipinski definition) is 2. The molecule has 1 fully saturated rings. The largest absolute Gasteiger partial charge is 0.508 e. The van der Waals surface area contributed by atoms with Crippen LogP contribution in [0.25, 0.3) is 0 Å². The predicted molar refractivity (Wildman–Crippen MR) is 55.7 cm³/mol. The van der Waals surface area contributed by atoms with Crippen molar-refractivity contribution < 1.29 is 5.11 Å². The second kappa shape index (κ2) is 3.00. The molecule has 0 bridgehead atoms. The minimum atomic E-state index is 0.0273. The molecule has 1 saturated carbocycles. The number of phenols is 1. The summed E-state index contributed by atoms with van der Waals surface area (Å²) in [7, 11) is 0. The highest BCUT2D eigenvalue weighted by Crippen LogP contribution is 2.37. The quantitative estimate of drug-likeness (QED) is 0.834. The number of phenolic OH excluding ortho intramolecular Hbond substituents is 1. The van der Waals surface area contributed by atoms with Gasteiger partial charge in [-0.15, -0.1) is 0 Å². The van der Waals surface area contributed by atoms with Crippen LogP contribution in [0, 0.1) is 0 Å². The van der Waals surface area contributed by atoms with Crippen molar-refractivity contribution in [3.63, 3.8) is 0 Å². The van der Waals surface area contributed by atoms with Gasteiger partial charge in [0, 0.05) is 10.0 Å². The smallest absolute Gasteiger partial charge is 0.116 e. The van der Waals surface area contributed by atoms with E-state index >= 15 is 0 Å². The molecule has 0 aromatic heterocycles. The Balaban J connectivity index is 2.20. The summed E-state index contributed by atoms with van der Waals surface area (Å²) in [4.78, 5) is 0. The Morgan fingerprint density at radius 1 is 1.46 bits per heavy atom. The Hall–Kier alpha value is -0.540. The Morgan fingerprint density at radius 3 is 2.69 bits per heavy atom. The van der Waals surface area contributed by atoms with Crippen LogP contribution in [0.15, 0.2) is 22.7 Å². The average molecular weight is 242 g/mol. The summed E-state index contributed by atoms with van der Waals surface area (Å²) in [5.41, 5.74) is 7.21. The van der Waals surface area contributed by atoms with Gasteiger partial charge in [-0.3, -0.25) is 0 Å². The number of nitrogens with two attached hydrogens (primary N) is 1. The van der Waals surface area contributed by atoms with Gasteiger partial charge in [0.25, 0.3) is 0 Å². The molecule has 3 N–H and O–H groups in total. The Kier molecular flexibility index (Phi) is 2.08. The maximum Gasteiger partial charge on any atom is 0.116 e. The van der Waals surface area contributed by atoms with E-state index in [1.165, 1.54) is 5.56 Å². The minimum Gasteiger partial charge on any atom is -0.508 e. The first-order valence-electron chi connectivity index (χ1n) is 4.35. The monoisotopic (exact) mass is 241 g/mol. The van der Waals surface area contributed by atoms with Crippen LogP contribution in [-0.2, 0) is 6.42 Å². The van der Waals surface area contributed by atoms with Crippen molar-refractivity contribution in [2.24, 2.45) is 5.73 Å². The Morgan fingerprint density at radius 2 is 2.15 bits per heavy atom. The molecule has 0 aliphatic heterocycles. The fourth-order valence-corrected chi connectivity index (χ4v) is 1.90. The zero-order chi connectivity index (χ0) is 9.47. The van der Waals surface area contributed by atoms with Gasteiger partial charge in [-0.1, -0.05) is 22.0 Å². The van der Waals surface area contributed by atoms with E-state index in [2.05, 4.69) is 15.9 Å². The van der Waals surface area contributed by atoms with E-state index in [-0.39, 0.29) is 11.3 Å². The molecular formula is C10H12BrNO. The topological polar surface area (TPSA) is 46.2 Å². The van der Waals surface area contributed by atoms with E-state index in [1.54, 1.807) is 12.1 Å². The molecule has 3 heteroatoms. The summed E-state index contributed by atoms with van der Waals surface area (Å²) in [6.07, 6.45) is 3.12. The highest BCUT2D eigenvalue weighted by atomic mass is 79.9. The third-order valence-corrected chi connectivity index (χ3v) is 3.21. The van der Waals surface area contributed by atoms with Gasteiger partial charge in [-0.05, 0) is 37.0 Å². The molecule has 0 atom stereocenters. The van der Waals surface area contributed by atoms with E-state index in [1.807, 2.05) is 6.07 Å². The van der Waals surface area contributed by atoms with Gasteiger partial charge in [0.2, 0.25) is 0 Å².